The Labute approximate surface area is 255 Å². The van der Waals surface area contributed by atoms with Gasteiger partial charge in [0.25, 0.3) is 5.91 Å². The molecule has 2 heterocycles. The second-order valence-electron chi connectivity index (χ2n) is 13.2. The predicted octanol–water partition coefficient (Wildman–Crippen LogP) is 4.70. The highest BCUT2D eigenvalue weighted by Crippen LogP contribution is 2.57. The smallest absolute Gasteiger partial charge is 0.257 e. The molecular weight excluding hydrogens is 546 g/mol. The van der Waals surface area contributed by atoms with Crippen LogP contribution in [0.2, 0.25) is 0 Å². The molecule has 2 amide bonds. The van der Waals surface area contributed by atoms with E-state index < -0.39 is 6.10 Å². The van der Waals surface area contributed by atoms with Gasteiger partial charge in [0.05, 0.1) is 11.8 Å². The molecule has 0 bridgehead atoms. The van der Waals surface area contributed by atoms with Crippen LogP contribution in [0, 0.1) is 23.2 Å². The number of fused-ring (bicyclic) bond motifs is 2. The number of aliphatic hydroxyl groups is 1. The number of nitrogens with one attached hydrogen (secondary N) is 1. The van der Waals surface area contributed by atoms with Gasteiger partial charge in [-0.3, -0.25) is 19.8 Å². The minimum Gasteiger partial charge on any atom is -0.392 e. The quantitative estimate of drug-likeness (QED) is 0.460. The lowest BCUT2D eigenvalue weighted by Gasteiger charge is -2.53. The molecule has 2 fully saturated rings. The van der Waals surface area contributed by atoms with Crippen molar-refractivity contribution >= 4 is 28.3 Å². The molecule has 1 saturated heterocycles. The number of aliphatic hydroxyl groups excluding tert-OH is 1. The van der Waals surface area contributed by atoms with Gasteiger partial charge in [0, 0.05) is 68.1 Å². The number of rotatable bonds is 8. The molecule has 2 aliphatic carbocycles. The lowest BCUT2D eigenvalue weighted by Crippen LogP contribution is -2.53. The summed E-state index contributed by atoms with van der Waals surface area (Å²) in [4.78, 5) is 39.1. The third-order valence-corrected chi connectivity index (χ3v) is 11.5. The average Bonchev–Trinajstić information content (AvgIpc) is 3.36. The van der Waals surface area contributed by atoms with Crippen LogP contribution in [0.4, 0.5) is 5.13 Å². The van der Waals surface area contributed by atoms with Gasteiger partial charge in [-0.25, -0.2) is 4.98 Å². The van der Waals surface area contributed by atoms with Crippen LogP contribution in [-0.4, -0.2) is 89.0 Å². The van der Waals surface area contributed by atoms with Crippen LogP contribution < -0.4 is 5.32 Å². The third-order valence-electron chi connectivity index (χ3n) is 10.5. The van der Waals surface area contributed by atoms with E-state index in [-0.39, 0.29) is 40.9 Å². The molecule has 5 rings (SSSR count). The van der Waals surface area contributed by atoms with Gasteiger partial charge in [-0.15, -0.1) is 11.3 Å². The summed E-state index contributed by atoms with van der Waals surface area (Å²) >= 11 is 1.57. The maximum Gasteiger partial charge on any atom is 0.257 e. The summed E-state index contributed by atoms with van der Waals surface area (Å²) in [7, 11) is 2.16. The van der Waals surface area contributed by atoms with Crippen molar-refractivity contribution in [2.24, 2.45) is 23.2 Å². The number of aromatic nitrogens is 1. The molecule has 1 aromatic carbocycles. The number of piperazine rings is 1. The standard InChI is InChI=1S/C33H49N5O3S/c1-7-38(8-2)31(41)21(3)25-13-14-33(5)19-26-28(22(4)27(33)29(25)39)34-32(42-26)35-30(40)24-11-9-23(10-12-24)20-37-17-15-36(6)16-18-37/h9-12,21-22,25,27,29,39H,7-8,13-20H2,1-6H3,(H,34,35,40). The van der Waals surface area contributed by atoms with Gasteiger partial charge >= 0.3 is 0 Å². The number of amides is 2. The fourth-order valence-electron chi connectivity index (χ4n) is 7.80. The number of anilines is 1. The van der Waals surface area contributed by atoms with Gasteiger partial charge in [0.1, 0.15) is 0 Å². The molecule has 42 heavy (non-hydrogen) atoms. The van der Waals surface area contributed by atoms with Crippen LogP contribution in [0.1, 0.15) is 79.9 Å². The molecule has 1 aromatic heterocycles. The summed E-state index contributed by atoms with van der Waals surface area (Å²) < 4.78 is 0. The van der Waals surface area contributed by atoms with Crippen LogP contribution in [-0.2, 0) is 17.8 Å². The van der Waals surface area contributed by atoms with Crippen molar-refractivity contribution in [2.75, 3.05) is 51.6 Å². The molecule has 6 unspecified atom stereocenters. The molecule has 2 aromatic rings. The minimum atomic E-state index is -0.564. The number of thiazole rings is 1. The second kappa shape index (κ2) is 12.7. The Kier molecular flexibility index (Phi) is 9.42. The summed E-state index contributed by atoms with van der Waals surface area (Å²) in [6, 6.07) is 7.92. The molecule has 2 N–H and O–H groups in total. The van der Waals surface area contributed by atoms with E-state index in [0.29, 0.717) is 23.8 Å². The number of hydrogen-bond donors (Lipinski definition) is 2. The number of carbonyl (C=O) groups excluding carboxylic acids is 2. The number of benzene rings is 1. The van der Waals surface area contributed by atoms with Crippen LogP contribution in [0.3, 0.4) is 0 Å². The molecule has 9 heteroatoms. The van der Waals surface area contributed by atoms with Crippen LogP contribution >= 0.6 is 11.3 Å². The van der Waals surface area contributed by atoms with E-state index in [1.165, 1.54) is 10.4 Å². The molecule has 0 spiro atoms. The van der Waals surface area contributed by atoms with Crippen molar-refractivity contribution in [2.45, 2.75) is 72.4 Å². The molecule has 1 aliphatic heterocycles. The minimum absolute atomic E-state index is 0.0224. The number of hydrogen-bond acceptors (Lipinski definition) is 7. The summed E-state index contributed by atoms with van der Waals surface area (Å²) in [5, 5.41) is 15.4. The first-order valence-electron chi connectivity index (χ1n) is 15.8. The molecule has 0 radical (unpaired) electrons. The van der Waals surface area contributed by atoms with Gasteiger partial charge in [-0.1, -0.05) is 32.9 Å². The fraction of sp³-hybridized carbons (Fsp3) is 0.667. The zero-order valence-corrected chi connectivity index (χ0v) is 27.0. The number of carbonyl (C=O) groups is 2. The molecule has 1 saturated carbocycles. The Morgan fingerprint density at radius 2 is 1.83 bits per heavy atom. The Hall–Kier alpha value is -2.33. The number of likely N-dealkylation sites (N-methyl/N-ethyl adjacent to an activating group) is 1. The Bertz CT molecular complexity index is 1250. The van der Waals surface area contributed by atoms with E-state index >= 15 is 0 Å². The van der Waals surface area contributed by atoms with Crippen molar-refractivity contribution in [1.29, 1.82) is 0 Å². The highest BCUT2D eigenvalue weighted by Gasteiger charge is 2.54. The van der Waals surface area contributed by atoms with Crippen LogP contribution in [0.25, 0.3) is 0 Å². The molecule has 230 valence electrons. The van der Waals surface area contributed by atoms with E-state index in [0.717, 1.165) is 57.7 Å². The summed E-state index contributed by atoms with van der Waals surface area (Å²) in [6.45, 7) is 17.1. The van der Waals surface area contributed by atoms with Gasteiger partial charge < -0.3 is 14.9 Å². The van der Waals surface area contributed by atoms with Crippen molar-refractivity contribution < 1.29 is 14.7 Å². The molecule has 8 nitrogen and oxygen atoms in total. The number of nitrogens with zero attached hydrogens (tertiary/aromatic N) is 4. The highest BCUT2D eigenvalue weighted by atomic mass is 32.1. The van der Waals surface area contributed by atoms with Gasteiger partial charge in [0.15, 0.2) is 5.13 Å². The lowest BCUT2D eigenvalue weighted by atomic mass is 9.53. The van der Waals surface area contributed by atoms with Crippen LogP contribution in [0.15, 0.2) is 24.3 Å². The summed E-state index contributed by atoms with van der Waals surface area (Å²) in [6.07, 6.45) is 2.09. The van der Waals surface area contributed by atoms with Crippen molar-refractivity contribution in [3.8, 4) is 0 Å². The normalized spacial score (nSPS) is 28.9. The average molecular weight is 596 g/mol. The first-order valence-corrected chi connectivity index (χ1v) is 16.6. The second-order valence-corrected chi connectivity index (χ2v) is 14.3. The van der Waals surface area contributed by atoms with E-state index in [2.05, 4.69) is 48.1 Å². The van der Waals surface area contributed by atoms with Gasteiger partial charge in [-0.05, 0) is 75.1 Å². The molecule has 6 atom stereocenters. The first-order chi connectivity index (χ1) is 20.0. The monoisotopic (exact) mass is 595 g/mol. The Balaban J connectivity index is 1.25. The first kappa shape index (κ1) is 31.1. The van der Waals surface area contributed by atoms with Crippen molar-refractivity contribution in [3.63, 3.8) is 0 Å². The van der Waals surface area contributed by atoms with Gasteiger partial charge in [0.2, 0.25) is 5.91 Å². The van der Waals surface area contributed by atoms with E-state index in [1.807, 2.05) is 37.8 Å². The predicted molar refractivity (Wildman–Crippen MR) is 169 cm³/mol. The van der Waals surface area contributed by atoms with Gasteiger partial charge in [-0.2, -0.15) is 0 Å². The Morgan fingerprint density at radius 3 is 2.48 bits per heavy atom. The van der Waals surface area contributed by atoms with Crippen LogP contribution in [0.5, 0.6) is 0 Å². The van der Waals surface area contributed by atoms with E-state index in [1.54, 1.807) is 11.3 Å². The maximum absolute atomic E-state index is 13.2. The fourth-order valence-corrected chi connectivity index (χ4v) is 9.06. The molecule has 3 aliphatic rings. The SMILES string of the molecule is CCN(CC)C(=O)C(C)C1CCC2(C)Cc3sc(NC(=O)c4ccc(CN5CCN(C)CC5)cc4)nc3C(C)C2C1O. The van der Waals surface area contributed by atoms with Crippen molar-refractivity contribution in [3.05, 3.63) is 46.0 Å². The third kappa shape index (κ3) is 6.16. The maximum atomic E-state index is 13.2. The largest absolute Gasteiger partial charge is 0.392 e. The topological polar surface area (TPSA) is 89.0 Å². The zero-order valence-electron chi connectivity index (χ0n) is 26.2. The lowest BCUT2D eigenvalue weighted by molar-refractivity contribution is -0.144. The zero-order chi connectivity index (χ0) is 30.2. The van der Waals surface area contributed by atoms with Crippen molar-refractivity contribution in [1.82, 2.24) is 19.7 Å². The highest BCUT2D eigenvalue weighted by molar-refractivity contribution is 7.15. The van der Waals surface area contributed by atoms with E-state index in [4.69, 9.17) is 4.98 Å². The summed E-state index contributed by atoms with van der Waals surface area (Å²) in [5.74, 6) is -0.207. The summed E-state index contributed by atoms with van der Waals surface area (Å²) in [5.41, 5.74) is 2.77. The molecular formula is C33H49N5O3S. The Morgan fingerprint density at radius 1 is 1.17 bits per heavy atom. The van der Waals surface area contributed by atoms with E-state index in [9.17, 15) is 14.7 Å².